The Balaban J connectivity index is 1.16. The Morgan fingerprint density at radius 1 is 1.14 bits per heavy atom. The summed E-state index contributed by atoms with van der Waals surface area (Å²) in [5, 5.41) is 7.27. The van der Waals surface area contributed by atoms with Gasteiger partial charge in [-0.1, -0.05) is 36.4 Å². The molecule has 0 saturated heterocycles. The number of hydrogen-bond acceptors (Lipinski definition) is 3. The molecule has 6 heteroatoms. The highest BCUT2D eigenvalue weighted by atomic mass is 16.2. The average Bonchev–Trinajstić information content (AvgIpc) is 3.27. The van der Waals surface area contributed by atoms with Gasteiger partial charge in [-0.2, -0.15) is 5.10 Å². The zero-order valence-corrected chi connectivity index (χ0v) is 16.3. The molecule has 29 heavy (non-hydrogen) atoms. The summed E-state index contributed by atoms with van der Waals surface area (Å²) in [6.45, 7) is 1.34. The Bertz CT molecular complexity index is 1160. The molecule has 0 aliphatic heterocycles. The van der Waals surface area contributed by atoms with E-state index < -0.39 is 0 Å². The van der Waals surface area contributed by atoms with E-state index in [4.69, 9.17) is 0 Å². The molecule has 1 amide bonds. The minimum atomic E-state index is 0.0768. The van der Waals surface area contributed by atoms with Crippen molar-refractivity contribution in [2.24, 2.45) is 13.0 Å². The fourth-order valence-electron chi connectivity index (χ4n) is 3.90. The maximum absolute atomic E-state index is 12.4. The summed E-state index contributed by atoms with van der Waals surface area (Å²) in [5.41, 5.74) is 5.62. The molecule has 2 aromatic carbocycles. The number of rotatable bonds is 6. The molecule has 1 N–H and O–H groups in total. The highest BCUT2D eigenvalue weighted by Crippen LogP contribution is 2.47. The van der Waals surface area contributed by atoms with Crippen molar-refractivity contribution in [1.29, 1.82) is 0 Å². The number of carbonyl (C=O) groups is 1. The van der Waals surface area contributed by atoms with Crippen LogP contribution >= 0.6 is 0 Å². The first-order valence-corrected chi connectivity index (χ1v) is 9.91. The van der Waals surface area contributed by atoms with E-state index >= 15 is 0 Å². The van der Waals surface area contributed by atoms with Gasteiger partial charge in [-0.05, 0) is 41.2 Å². The van der Waals surface area contributed by atoms with Crippen LogP contribution in [0, 0.1) is 5.92 Å². The Kier molecular flexibility index (Phi) is 4.39. The Morgan fingerprint density at radius 3 is 2.72 bits per heavy atom. The van der Waals surface area contributed by atoms with Crippen molar-refractivity contribution < 1.29 is 4.79 Å². The average molecular weight is 385 g/mol. The molecule has 5 rings (SSSR count). The van der Waals surface area contributed by atoms with Gasteiger partial charge in [0.15, 0.2) is 0 Å². The normalized spacial score (nSPS) is 18.1. The highest BCUT2D eigenvalue weighted by molar-refractivity contribution is 5.82. The van der Waals surface area contributed by atoms with E-state index in [1.54, 1.807) is 4.68 Å². The standard InChI is InChI=1S/C23H23N5O/c1-27-14-18(12-26-27)19-10-20(19)23(29)24-11-16-6-8-17(9-7-16)13-28-15-25-21-4-2-3-5-22(21)28/h2-9,12,14-15,19-20H,10-11,13H2,1H3,(H,24,29)/t19-,20-/m1/s1. The lowest BCUT2D eigenvalue weighted by Gasteiger charge is -2.08. The molecule has 146 valence electrons. The second-order valence-electron chi connectivity index (χ2n) is 7.79. The molecule has 4 aromatic rings. The van der Waals surface area contributed by atoms with E-state index in [0.29, 0.717) is 12.5 Å². The van der Waals surface area contributed by atoms with Crippen molar-refractivity contribution >= 4 is 16.9 Å². The molecule has 0 bridgehead atoms. The summed E-state index contributed by atoms with van der Waals surface area (Å²) < 4.78 is 3.94. The van der Waals surface area contributed by atoms with Crippen molar-refractivity contribution in [2.45, 2.75) is 25.4 Å². The number of imidazole rings is 1. The van der Waals surface area contributed by atoms with Gasteiger partial charge in [0.05, 0.1) is 23.6 Å². The monoisotopic (exact) mass is 385 g/mol. The number of aryl methyl sites for hydroxylation is 1. The van der Waals surface area contributed by atoms with Crippen molar-refractivity contribution in [1.82, 2.24) is 24.6 Å². The van der Waals surface area contributed by atoms with Gasteiger partial charge >= 0.3 is 0 Å². The lowest BCUT2D eigenvalue weighted by molar-refractivity contribution is -0.122. The second kappa shape index (κ2) is 7.20. The molecule has 1 saturated carbocycles. The number of amides is 1. The molecule has 2 aromatic heterocycles. The first-order valence-electron chi connectivity index (χ1n) is 9.91. The van der Waals surface area contributed by atoms with E-state index in [1.807, 2.05) is 44.0 Å². The van der Waals surface area contributed by atoms with E-state index in [9.17, 15) is 4.79 Å². The number of para-hydroxylation sites is 2. The molecule has 2 heterocycles. The molecule has 0 unspecified atom stereocenters. The molecular formula is C23H23N5O. The smallest absolute Gasteiger partial charge is 0.224 e. The minimum absolute atomic E-state index is 0.0768. The molecule has 1 aliphatic rings. The molecule has 0 radical (unpaired) electrons. The number of hydrogen-bond donors (Lipinski definition) is 1. The number of carbonyl (C=O) groups excluding carboxylic acids is 1. The van der Waals surface area contributed by atoms with Crippen LogP contribution in [0.5, 0.6) is 0 Å². The summed E-state index contributed by atoms with van der Waals surface area (Å²) >= 11 is 0. The number of benzene rings is 2. The molecule has 2 atom stereocenters. The predicted molar refractivity (Wildman–Crippen MR) is 111 cm³/mol. The predicted octanol–water partition coefficient (Wildman–Crippen LogP) is 3.24. The number of aromatic nitrogens is 4. The first-order chi connectivity index (χ1) is 14.2. The van der Waals surface area contributed by atoms with Crippen LogP contribution in [0.4, 0.5) is 0 Å². The first kappa shape index (κ1) is 17.7. The fraction of sp³-hybridized carbons (Fsp3) is 0.261. The van der Waals surface area contributed by atoms with Crippen LogP contribution in [-0.2, 0) is 24.9 Å². The molecule has 1 fully saturated rings. The minimum Gasteiger partial charge on any atom is -0.352 e. The lowest BCUT2D eigenvalue weighted by Crippen LogP contribution is -2.24. The van der Waals surface area contributed by atoms with Gasteiger partial charge < -0.3 is 9.88 Å². The van der Waals surface area contributed by atoms with Crippen molar-refractivity contribution in [3.63, 3.8) is 0 Å². The zero-order valence-electron chi connectivity index (χ0n) is 16.3. The van der Waals surface area contributed by atoms with Gasteiger partial charge in [0.2, 0.25) is 5.91 Å². The Morgan fingerprint density at radius 2 is 1.93 bits per heavy atom. The second-order valence-corrected chi connectivity index (χ2v) is 7.79. The van der Waals surface area contributed by atoms with E-state index in [2.05, 4.69) is 50.3 Å². The maximum atomic E-state index is 12.4. The number of fused-ring (bicyclic) bond motifs is 1. The number of nitrogens with one attached hydrogen (secondary N) is 1. The van der Waals surface area contributed by atoms with Gasteiger partial charge in [0.25, 0.3) is 0 Å². The summed E-state index contributed by atoms with van der Waals surface area (Å²) in [4.78, 5) is 16.9. The Hall–Kier alpha value is -3.41. The van der Waals surface area contributed by atoms with Crippen LogP contribution in [0.2, 0.25) is 0 Å². The maximum Gasteiger partial charge on any atom is 0.224 e. The van der Waals surface area contributed by atoms with Gasteiger partial charge in [-0.25, -0.2) is 4.98 Å². The summed E-state index contributed by atoms with van der Waals surface area (Å²) in [6.07, 6.45) is 6.66. The lowest BCUT2D eigenvalue weighted by atomic mass is 10.1. The van der Waals surface area contributed by atoms with E-state index in [-0.39, 0.29) is 11.8 Å². The van der Waals surface area contributed by atoms with E-state index in [1.165, 1.54) is 5.56 Å². The fourth-order valence-corrected chi connectivity index (χ4v) is 3.90. The van der Waals surface area contributed by atoms with Crippen LogP contribution in [0.25, 0.3) is 11.0 Å². The molecule has 1 aliphatic carbocycles. The van der Waals surface area contributed by atoms with Crippen LogP contribution in [-0.4, -0.2) is 25.2 Å². The van der Waals surface area contributed by atoms with Gasteiger partial charge in [-0.15, -0.1) is 0 Å². The number of nitrogens with zero attached hydrogens (tertiary/aromatic N) is 4. The summed E-state index contributed by atoms with van der Waals surface area (Å²) in [7, 11) is 1.90. The third kappa shape index (κ3) is 3.66. The third-order valence-electron chi connectivity index (χ3n) is 5.65. The SMILES string of the molecule is Cn1cc([C@H]2C[C@H]2C(=O)NCc2ccc(Cn3cnc4ccccc43)cc2)cn1. The van der Waals surface area contributed by atoms with Crippen LogP contribution in [0.3, 0.4) is 0 Å². The molecule has 6 nitrogen and oxygen atoms in total. The zero-order chi connectivity index (χ0) is 19.8. The topological polar surface area (TPSA) is 64.7 Å². The van der Waals surface area contributed by atoms with Crippen LogP contribution in [0.1, 0.15) is 29.0 Å². The summed E-state index contributed by atoms with van der Waals surface area (Å²) in [6, 6.07) is 16.5. The summed E-state index contributed by atoms with van der Waals surface area (Å²) in [5.74, 6) is 0.525. The van der Waals surface area contributed by atoms with Gasteiger partial charge in [0.1, 0.15) is 0 Å². The quantitative estimate of drug-likeness (QED) is 0.554. The molecule has 0 spiro atoms. The van der Waals surface area contributed by atoms with Crippen LogP contribution in [0.15, 0.2) is 67.3 Å². The van der Waals surface area contributed by atoms with E-state index in [0.717, 1.165) is 35.1 Å². The van der Waals surface area contributed by atoms with Gasteiger partial charge in [0, 0.05) is 32.3 Å². The van der Waals surface area contributed by atoms with Crippen molar-refractivity contribution in [3.8, 4) is 0 Å². The van der Waals surface area contributed by atoms with Gasteiger partial charge in [-0.3, -0.25) is 9.48 Å². The van der Waals surface area contributed by atoms with Crippen molar-refractivity contribution in [2.75, 3.05) is 0 Å². The molecular weight excluding hydrogens is 362 g/mol. The van der Waals surface area contributed by atoms with Crippen LogP contribution < -0.4 is 5.32 Å². The third-order valence-corrected chi connectivity index (χ3v) is 5.65. The Labute approximate surface area is 169 Å². The van der Waals surface area contributed by atoms with Crippen molar-refractivity contribution in [3.05, 3.63) is 83.9 Å². The highest BCUT2D eigenvalue weighted by Gasteiger charge is 2.44. The largest absolute Gasteiger partial charge is 0.352 e.